The number of hydrogen-bond donors (Lipinski definition) is 3. The quantitative estimate of drug-likeness (QED) is 0.329. The summed E-state index contributed by atoms with van der Waals surface area (Å²) in [5, 5.41) is 15.5. The van der Waals surface area contributed by atoms with E-state index < -0.39 is 27.2 Å². The minimum atomic E-state index is -4.11. The molecule has 0 atom stereocenters. The molecule has 4 aromatic rings. The van der Waals surface area contributed by atoms with Crippen LogP contribution in [0.15, 0.2) is 70.2 Å². The number of amides is 1. The minimum absolute atomic E-state index is 0.0298. The summed E-state index contributed by atoms with van der Waals surface area (Å²) in [7, 11) is -4.11. The molecule has 4 N–H and O–H groups in total. The van der Waals surface area contributed by atoms with E-state index in [1.165, 1.54) is 36.5 Å². The van der Waals surface area contributed by atoms with Gasteiger partial charge >= 0.3 is 0 Å². The predicted octanol–water partition coefficient (Wildman–Crippen LogP) is 3.56. The maximum Gasteiger partial charge on any atom is 0.276 e. The fourth-order valence-corrected chi connectivity index (χ4v) is 4.53. The number of nitrogens with one attached hydrogen (secondary N) is 2. The van der Waals surface area contributed by atoms with Crippen molar-refractivity contribution in [2.45, 2.75) is 17.7 Å². The number of carbonyl (C=O) groups is 1. The first-order chi connectivity index (χ1) is 17.7. The van der Waals surface area contributed by atoms with Gasteiger partial charge in [0.1, 0.15) is 16.9 Å². The van der Waals surface area contributed by atoms with Crippen molar-refractivity contribution >= 4 is 33.0 Å². The van der Waals surface area contributed by atoms with Crippen LogP contribution in [0.1, 0.15) is 12.8 Å². The summed E-state index contributed by atoms with van der Waals surface area (Å²) in [5.41, 5.74) is 5.93. The molecule has 0 unspecified atom stereocenters. The van der Waals surface area contributed by atoms with Crippen molar-refractivity contribution in [3.63, 3.8) is 0 Å². The van der Waals surface area contributed by atoms with E-state index in [0.717, 1.165) is 12.1 Å². The van der Waals surface area contributed by atoms with Gasteiger partial charge < -0.3 is 15.6 Å². The van der Waals surface area contributed by atoms with Crippen molar-refractivity contribution < 1.29 is 22.1 Å². The number of anilines is 3. The summed E-state index contributed by atoms with van der Waals surface area (Å²) in [5.74, 6) is -0.958. The van der Waals surface area contributed by atoms with Crippen molar-refractivity contribution in [1.29, 1.82) is 5.26 Å². The molecule has 1 fully saturated rings. The molecular formula is C24H18FN7O4S. The molecule has 2 heterocycles. The van der Waals surface area contributed by atoms with Crippen LogP contribution >= 0.6 is 0 Å². The van der Waals surface area contributed by atoms with Crippen LogP contribution in [0.3, 0.4) is 0 Å². The molecule has 1 saturated carbocycles. The molecule has 2 aromatic heterocycles. The number of nitrogen functional groups attached to an aromatic ring is 1. The molecule has 2 aromatic carbocycles. The topological polar surface area (TPSA) is 177 Å². The van der Waals surface area contributed by atoms with Gasteiger partial charge in [-0.1, -0.05) is 5.16 Å². The fraction of sp³-hybridized carbons (Fsp3) is 0.125. The van der Waals surface area contributed by atoms with Gasteiger partial charge in [0, 0.05) is 23.1 Å². The van der Waals surface area contributed by atoms with Crippen LogP contribution in [0.5, 0.6) is 0 Å². The zero-order chi connectivity index (χ0) is 26.2. The first-order valence-electron chi connectivity index (χ1n) is 10.9. The van der Waals surface area contributed by atoms with Crippen molar-refractivity contribution in [2.24, 2.45) is 5.41 Å². The van der Waals surface area contributed by atoms with Crippen LogP contribution in [0.4, 0.5) is 21.5 Å². The Balaban J connectivity index is 1.32. The van der Waals surface area contributed by atoms with Gasteiger partial charge in [-0.15, -0.1) is 0 Å². The molecule has 1 aliphatic rings. The molecule has 13 heteroatoms. The second kappa shape index (κ2) is 8.99. The van der Waals surface area contributed by atoms with Crippen LogP contribution in [0.2, 0.25) is 0 Å². The van der Waals surface area contributed by atoms with Crippen molar-refractivity contribution in [3.8, 4) is 29.0 Å². The zero-order valence-corrected chi connectivity index (χ0v) is 19.8. The lowest BCUT2D eigenvalue weighted by molar-refractivity contribution is -0.119. The van der Waals surface area contributed by atoms with Gasteiger partial charge in [-0.2, -0.15) is 10.2 Å². The minimum Gasteiger partial charge on any atom is -0.399 e. The SMILES string of the molecule is N#CC1(C(=O)Nc2cc(F)cc(NS(=O)(=O)c3ccc(-c4noc(-c5cc(N)ccn5)n4)cc3)c2)CC1. The van der Waals surface area contributed by atoms with E-state index in [0.29, 0.717) is 29.8 Å². The van der Waals surface area contributed by atoms with Crippen LogP contribution in [-0.2, 0) is 14.8 Å². The monoisotopic (exact) mass is 519 g/mol. The lowest BCUT2D eigenvalue weighted by atomic mass is 10.1. The van der Waals surface area contributed by atoms with E-state index in [-0.39, 0.29) is 28.0 Å². The lowest BCUT2D eigenvalue weighted by Gasteiger charge is -2.12. The summed E-state index contributed by atoms with van der Waals surface area (Å²) >= 11 is 0. The molecule has 0 spiro atoms. The number of benzene rings is 2. The van der Waals surface area contributed by atoms with Gasteiger partial charge in [-0.05, 0) is 67.4 Å². The summed E-state index contributed by atoms with van der Waals surface area (Å²) in [6.45, 7) is 0. The Labute approximate surface area is 210 Å². The second-order valence-electron chi connectivity index (χ2n) is 8.40. The van der Waals surface area contributed by atoms with E-state index in [1.807, 2.05) is 6.07 Å². The number of hydrogen-bond acceptors (Lipinski definition) is 9. The average Bonchev–Trinajstić information content (AvgIpc) is 3.51. The molecule has 0 saturated heterocycles. The Kier molecular flexibility index (Phi) is 5.81. The molecule has 5 rings (SSSR count). The number of nitriles is 1. The molecule has 1 amide bonds. The Bertz CT molecular complexity index is 1660. The van der Waals surface area contributed by atoms with Gasteiger partial charge in [-0.3, -0.25) is 14.5 Å². The van der Waals surface area contributed by atoms with Gasteiger partial charge in [0.25, 0.3) is 15.9 Å². The molecule has 11 nitrogen and oxygen atoms in total. The largest absolute Gasteiger partial charge is 0.399 e. The number of aromatic nitrogens is 3. The van der Waals surface area contributed by atoms with Crippen LogP contribution < -0.4 is 15.8 Å². The number of nitrogens with zero attached hydrogens (tertiary/aromatic N) is 4. The molecule has 0 radical (unpaired) electrons. The third-order valence-corrected chi connectivity index (χ3v) is 7.06. The maximum absolute atomic E-state index is 14.2. The van der Waals surface area contributed by atoms with Gasteiger partial charge in [0.15, 0.2) is 0 Å². The normalized spacial score (nSPS) is 13.9. The number of halogens is 1. The van der Waals surface area contributed by atoms with Crippen LogP contribution in [-0.4, -0.2) is 29.4 Å². The first-order valence-corrected chi connectivity index (χ1v) is 12.4. The van der Waals surface area contributed by atoms with Crippen molar-refractivity contribution in [2.75, 3.05) is 15.8 Å². The highest BCUT2D eigenvalue weighted by Crippen LogP contribution is 2.45. The fourth-order valence-electron chi connectivity index (χ4n) is 3.49. The highest BCUT2D eigenvalue weighted by Gasteiger charge is 2.50. The molecule has 0 bridgehead atoms. The van der Waals surface area contributed by atoms with Crippen molar-refractivity contribution in [1.82, 2.24) is 15.1 Å². The van der Waals surface area contributed by atoms with E-state index in [1.54, 1.807) is 12.1 Å². The Hall–Kier alpha value is -4.83. The number of nitrogens with two attached hydrogens (primary N) is 1. The van der Waals surface area contributed by atoms with Gasteiger partial charge in [0.05, 0.1) is 16.7 Å². The van der Waals surface area contributed by atoms with E-state index in [2.05, 4.69) is 25.2 Å². The third-order valence-electron chi connectivity index (χ3n) is 5.66. The lowest BCUT2D eigenvalue weighted by Crippen LogP contribution is -2.23. The molecular weight excluding hydrogens is 501 g/mol. The molecule has 0 aliphatic heterocycles. The highest BCUT2D eigenvalue weighted by atomic mass is 32.2. The Morgan fingerprint density at radius 2 is 1.84 bits per heavy atom. The number of sulfonamides is 1. The smallest absolute Gasteiger partial charge is 0.276 e. The highest BCUT2D eigenvalue weighted by molar-refractivity contribution is 7.92. The van der Waals surface area contributed by atoms with E-state index in [9.17, 15) is 17.6 Å². The number of rotatable bonds is 7. The maximum atomic E-state index is 14.2. The van der Waals surface area contributed by atoms with E-state index >= 15 is 0 Å². The predicted molar refractivity (Wildman–Crippen MR) is 130 cm³/mol. The number of pyridine rings is 1. The summed E-state index contributed by atoms with van der Waals surface area (Å²) in [6.07, 6.45) is 2.35. The second-order valence-corrected chi connectivity index (χ2v) is 10.1. The summed E-state index contributed by atoms with van der Waals surface area (Å²) in [4.78, 5) is 20.6. The van der Waals surface area contributed by atoms with Gasteiger partial charge in [0.2, 0.25) is 11.7 Å². The Morgan fingerprint density at radius 3 is 2.51 bits per heavy atom. The van der Waals surface area contributed by atoms with Crippen molar-refractivity contribution in [3.05, 3.63) is 66.6 Å². The van der Waals surface area contributed by atoms with Gasteiger partial charge in [-0.25, -0.2) is 12.8 Å². The number of carbonyl (C=O) groups excluding carboxylic acids is 1. The summed E-state index contributed by atoms with van der Waals surface area (Å²) < 4.78 is 47.5. The standard InChI is InChI=1S/C24H18FN7O4S/c25-15-9-17(29-23(33)24(13-26)6-7-24)12-18(10-15)32-37(34,35)19-3-1-14(2-4-19)21-30-22(36-31-21)20-11-16(27)5-8-28-20/h1-5,8-12,32H,6-7H2,(H2,27,28)(H,29,33). The zero-order valence-electron chi connectivity index (χ0n) is 19.0. The van der Waals surface area contributed by atoms with E-state index in [4.69, 9.17) is 15.5 Å². The Morgan fingerprint density at radius 1 is 1.11 bits per heavy atom. The molecule has 186 valence electrons. The third kappa shape index (κ3) is 4.95. The average molecular weight is 520 g/mol. The molecule has 1 aliphatic carbocycles. The molecule has 37 heavy (non-hydrogen) atoms. The summed E-state index contributed by atoms with van der Waals surface area (Å²) in [6, 6.07) is 14.1. The first kappa shape index (κ1) is 23.9. The van der Waals surface area contributed by atoms with Crippen LogP contribution in [0.25, 0.3) is 23.0 Å². The van der Waals surface area contributed by atoms with Crippen LogP contribution in [0, 0.1) is 22.6 Å².